The minimum Gasteiger partial charge on any atom is -0.330 e. The number of anilines is 1. The molecule has 5 nitrogen and oxygen atoms in total. The van der Waals surface area contributed by atoms with Gasteiger partial charge in [-0.1, -0.05) is 6.92 Å². The minimum atomic E-state index is -0.337. The van der Waals surface area contributed by atoms with E-state index in [0.717, 1.165) is 17.2 Å². The van der Waals surface area contributed by atoms with Gasteiger partial charge in [-0.3, -0.25) is 4.79 Å². The van der Waals surface area contributed by atoms with Gasteiger partial charge in [0.15, 0.2) is 0 Å². The fraction of sp³-hybridized carbons (Fsp3) is 0.500. The van der Waals surface area contributed by atoms with Crippen LogP contribution in [0.25, 0.3) is 0 Å². The minimum absolute atomic E-state index is 0.220. The van der Waals surface area contributed by atoms with Gasteiger partial charge >= 0.3 is 6.03 Å². The monoisotopic (exact) mass is 241 g/mol. The lowest BCUT2D eigenvalue weighted by atomic mass is 10.4. The van der Waals surface area contributed by atoms with Gasteiger partial charge in [-0.25, -0.2) is 9.69 Å². The molecule has 0 saturated heterocycles. The number of hydrogen-bond acceptors (Lipinski definition) is 4. The first kappa shape index (κ1) is 12.6. The summed E-state index contributed by atoms with van der Waals surface area (Å²) in [5.41, 5.74) is 0.806. The lowest BCUT2D eigenvalue weighted by Gasteiger charge is -2.21. The maximum atomic E-state index is 11.9. The third kappa shape index (κ3) is 2.57. The summed E-state index contributed by atoms with van der Waals surface area (Å²) < 4.78 is 4.07. The number of hydrogen-bond donors (Lipinski definition) is 0. The van der Waals surface area contributed by atoms with Crippen LogP contribution in [0.5, 0.6) is 0 Å². The number of carbonyl (C=O) groups is 2. The van der Waals surface area contributed by atoms with Crippen molar-refractivity contribution in [3.8, 4) is 0 Å². The molecule has 0 unspecified atom stereocenters. The standard InChI is InChI=1S/C10H15N3O2S/c1-5-8(14)13(10(15)12(3)4)9-6-7(2)11-16-9/h6H,5H2,1-4H3. The van der Waals surface area contributed by atoms with Crippen molar-refractivity contribution in [2.75, 3.05) is 19.0 Å². The number of amides is 3. The normalized spacial score (nSPS) is 10.0. The summed E-state index contributed by atoms with van der Waals surface area (Å²) in [6.45, 7) is 3.56. The smallest absolute Gasteiger partial charge is 0.330 e. The van der Waals surface area contributed by atoms with Crippen LogP contribution >= 0.6 is 11.5 Å². The molecule has 0 aromatic carbocycles. The summed E-state index contributed by atoms with van der Waals surface area (Å²) in [4.78, 5) is 26.1. The number of aromatic nitrogens is 1. The molecule has 1 heterocycles. The number of imide groups is 1. The summed E-state index contributed by atoms with van der Waals surface area (Å²) in [5, 5.41) is 0.572. The van der Waals surface area contributed by atoms with E-state index >= 15 is 0 Å². The maximum absolute atomic E-state index is 11.9. The lowest BCUT2D eigenvalue weighted by molar-refractivity contribution is -0.117. The molecule has 0 aliphatic carbocycles. The molecule has 0 aliphatic rings. The molecule has 0 fully saturated rings. The highest BCUT2D eigenvalue weighted by molar-refractivity contribution is 7.10. The summed E-state index contributed by atoms with van der Waals surface area (Å²) >= 11 is 1.15. The van der Waals surface area contributed by atoms with E-state index in [1.54, 1.807) is 27.1 Å². The molecule has 88 valence electrons. The van der Waals surface area contributed by atoms with E-state index in [9.17, 15) is 9.59 Å². The molecular formula is C10H15N3O2S. The van der Waals surface area contributed by atoms with Gasteiger partial charge in [0.2, 0.25) is 5.91 Å². The van der Waals surface area contributed by atoms with E-state index in [1.807, 2.05) is 6.92 Å². The molecule has 0 radical (unpaired) electrons. The lowest BCUT2D eigenvalue weighted by Crippen LogP contribution is -2.42. The Bertz CT molecular complexity index is 401. The van der Waals surface area contributed by atoms with E-state index in [4.69, 9.17) is 0 Å². The molecule has 1 rings (SSSR count). The van der Waals surface area contributed by atoms with Crippen molar-refractivity contribution in [2.45, 2.75) is 20.3 Å². The summed E-state index contributed by atoms with van der Waals surface area (Å²) in [6.07, 6.45) is 0.288. The summed E-state index contributed by atoms with van der Waals surface area (Å²) in [5.74, 6) is -0.220. The molecular weight excluding hydrogens is 226 g/mol. The van der Waals surface area contributed by atoms with E-state index in [0.29, 0.717) is 5.00 Å². The first-order valence-corrected chi connectivity index (χ1v) is 5.72. The van der Waals surface area contributed by atoms with Crippen LogP contribution in [0, 0.1) is 6.92 Å². The van der Waals surface area contributed by atoms with Crippen molar-refractivity contribution in [3.05, 3.63) is 11.8 Å². The fourth-order valence-electron chi connectivity index (χ4n) is 1.14. The molecule has 0 atom stereocenters. The zero-order valence-corrected chi connectivity index (χ0v) is 10.7. The van der Waals surface area contributed by atoms with E-state index in [2.05, 4.69) is 4.37 Å². The molecule has 1 aromatic heterocycles. The Hall–Kier alpha value is -1.43. The largest absolute Gasteiger partial charge is 0.331 e. The zero-order valence-electron chi connectivity index (χ0n) is 9.85. The van der Waals surface area contributed by atoms with Gasteiger partial charge in [0, 0.05) is 20.5 Å². The van der Waals surface area contributed by atoms with Crippen LogP contribution in [0.1, 0.15) is 19.0 Å². The maximum Gasteiger partial charge on any atom is 0.331 e. The van der Waals surface area contributed by atoms with Gasteiger partial charge in [0.25, 0.3) is 0 Å². The van der Waals surface area contributed by atoms with Crippen LogP contribution in [-0.2, 0) is 4.79 Å². The van der Waals surface area contributed by atoms with Crippen LogP contribution in [0.3, 0.4) is 0 Å². The van der Waals surface area contributed by atoms with Gasteiger partial charge < -0.3 is 4.90 Å². The second-order valence-corrected chi connectivity index (χ2v) is 4.35. The topological polar surface area (TPSA) is 53.5 Å². The molecule has 6 heteroatoms. The first-order chi connectivity index (χ1) is 7.47. The highest BCUT2D eigenvalue weighted by Gasteiger charge is 2.25. The van der Waals surface area contributed by atoms with Crippen molar-refractivity contribution in [1.82, 2.24) is 9.27 Å². The summed E-state index contributed by atoms with van der Waals surface area (Å²) in [7, 11) is 3.23. The number of urea groups is 1. The molecule has 0 saturated carbocycles. The number of nitrogens with zero attached hydrogens (tertiary/aromatic N) is 3. The van der Waals surface area contributed by atoms with Gasteiger partial charge in [-0.05, 0) is 24.5 Å². The number of rotatable bonds is 2. The van der Waals surface area contributed by atoms with E-state index in [-0.39, 0.29) is 18.4 Å². The molecule has 16 heavy (non-hydrogen) atoms. The van der Waals surface area contributed by atoms with Crippen LogP contribution in [0.15, 0.2) is 6.07 Å². The van der Waals surface area contributed by atoms with Crippen molar-refractivity contribution >= 4 is 28.5 Å². The first-order valence-electron chi connectivity index (χ1n) is 4.95. The molecule has 0 bridgehead atoms. The Morgan fingerprint density at radius 2 is 2.06 bits per heavy atom. The Balaban J connectivity index is 3.06. The van der Waals surface area contributed by atoms with Crippen molar-refractivity contribution in [3.63, 3.8) is 0 Å². The average molecular weight is 241 g/mol. The molecule has 3 amide bonds. The molecule has 0 spiro atoms. The van der Waals surface area contributed by atoms with Crippen molar-refractivity contribution in [2.24, 2.45) is 0 Å². The van der Waals surface area contributed by atoms with Gasteiger partial charge in [0.1, 0.15) is 5.00 Å². The van der Waals surface area contributed by atoms with Crippen LogP contribution in [0.4, 0.5) is 9.80 Å². The molecule has 0 N–H and O–H groups in total. The third-order valence-electron chi connectivity index (χ3n) is 1.96. The Morgan fingerprint density at radius 1 is 1.44 bits per heavy atom. The van der Waals surface area contributed by atoms with Gasteiger partial charge in [0.05, 0.1) is 5.69 Å². The van der Waals surface area contributed by atoms with Crippen LogP contribution in [0.2, 0.25) is 0 Å². The Morgan fingerprint density at radius 3 is 2.44 bits per heavy atom. The molecule has 1 aromatic rings. The Kier molecular flexibility index (Phi) is 4.00. The van der Waals surface area contributed by atoms with E-state index < -0.39 is 0 Å². The Labute approximate surface area is 98.8 Å². The zero-order chi connectivity index (χ0) is 12.3. The van der Waals surface area contributed by atoms with Crippen molar-refractivity contribution in [1.29, 1.82) is 0 Å². The quantitative estimate of drug-likeness (QED) is 0.794. The van der Waals surface area contributed by atoms with Crippen LogP contribution in [-0.4, -0.2) is 35.3 Å². The number of aryl methyl sites for hydroxylation is 1. The van der Waals surface area contributed by atoms with Crippen LogP contribution < -0.4 is 4.90 Å². The predicted octanol–water partition coefficient (Wildman–Crippen LogP) is 1.88. The fourth-order valence-corrected chi connectivity index (χ4v) is 1.91. The SMILES string of the molecule is CCC(=O)N(C(=O)N(C)C)c1cc(C)ns1. The highest BCUT2D eigenvalue weighted by atomic mass is 32.1. The van der Waals surface area contributed by atoms with E-state index in [1.165, 1.54) is 9.80 Å². The predicted molar refractivity (Wildman–Crippen MR) is 63.7 cm³/mol. The third-order valence-corrected chi connectivity index (χ3v) is 2.83. The second-order valence-electron chi connectivity index (χ2n) is 3.57. The number of carbonyl (C=O) groups excluding carboxylic acids is 2. The molecule has 0 aliphatic heterocycles. The highest BCUT2D eigenvalue weighted by Crippen LogP contribution is 2.23. The van der Waals surface area contributed by atoms with Gasteiger partial charge in [-0.2, -0.15) is 4.37 Å². The summed E-state index contributed by atoms with van der Waals surface area (Å²) in [6, 6.07) is 1.40. The second kappa shape index (κ2) is 5.07. The average Bonchev–Trinajstić information content (AvgIpc) is 2.64. The van der Waals surface area contributed by atoms with Gasteiger partial charge in [-0.15, -0.1) is 0 Å². The van der Waals surface area contributed by atoms with Crippen molar-refractivity contribution < 1.29 is 9.59 Å².